The first-order chi connectivity index (χ1) is 10.9. The topological polar surface area (TPSA) is 81.2 Å². The molecule has 23 heavy (non-hydrogen) atoms. The maximum Gasteiger partial charge on any atom is 0.322 e. The predicted molar refractivity (Wildman–Crippen MR) is 85.9 cm³/mol. The summed E-state index contributed by atoms with van der Waals surface area (Å²) < 4.78 is 10.7. The zero-order valence-electron chi connectivity index (χ0n) is 12.2. The molecule has 1 amide bonds. The number of carbonyl (C=O) groups excluding carboxylic acids is 1. The number of aryl methyl sites for hydroxylation is 2. The molecule has 0 fully saturated rings. The molecular formula is C15H11Cl2N3O3. The molecule has 0 bridgehead atoms. The minimum Gasteiger partial charge on any atom is -0.466 e. The van der Waals surface area contributed by atoms with Gasteiger partial charge >= 0.3 is 6.01 Å². The lowest BCUT2D eigenvalue weighted by atomic mass is 10.2. The van der Waals surface area contributed by atoms with E-state index in [0.29, 0.717) is 32.7 Å². The Hall–Kier alpha value is -2.31. The van der Waals surface area contributed by atoms with Crippen molar-refractivity contribution in [3.63, 3.8) is 0 Å². The van der Waals surface area contributed by atoms with Gasteiger partial charge in [-0.05, 0) is 38.1 Å². The van der Waals surface area contributed by atoms with Crippen molar-refractivity contribution in [3.05, 3.63) is 51.4 Å². The van der Waals surface area contributed by atoms with Crippen molar-refractivity contribution in [1.82, 2.24) is 10.2 Å². The Kier molecular flexibility index (Phi) is 4.11. The molecule has 0 aliphatic rings. The number of hydrogen-bond donors (Lipinski definition) is 1. The Morgan fingerprint density at radius 2 is 1.74 bits per heavy atom. The van der Waals surface area contributed by atoms with Gasteiger partial charge in [0.05, 0.1) is 5.56 Å². The molecule has 1 N–H and O–H groups in total. The highest BCUT2D eigenvalue weighted by Crippen LogP contribution is 2.27. The number of benzene rings is 1. The van der Waals surface area contributed by atoms with Crippen LogP contribution in [0, 0.1) is 13.8 Å². The van der Waals surface area contributed by atoms with Crippen molar-refractivity contribution in [2.24, 2.45) is 0 Å². The standard InChI is InChI=1S/C15H11Cl2N3O3/c1-7-3-12(8(2)22-7)13(21)18-15-20-19-14(23-15)9-4-10(16)6-11(17)5-9/h3-6H,1-2H3,(H,18,20,21). The van der Waals surface area contributed by atoms with Crippen molar-refractivity contribution in [1.29, 1.82) is 0 Å². The van der Waals surface area contributed by atoms with E-state index in [1.807, 2.05) is 0 Å². The molecule has 0 saturated heterocycles. The summed E-state index contributed by atoms with van der Waals surface area (Å²) in [5.74, 6) is 0.970. The van der Waals surface area contributed by atoms with Crippen LogP contribution in [-0.2, 0) is 0 Å². The van der Waals surface area contributed by atoms with Gasteiger partial charge in [0.25, 0.3) is 5.91 Å². The van der Waals surface area contributed by atoms with Gasteiger partial charge in [0.2, 0.25) is 5.89 Å². The lowest BCUT2D eigenvalue weighted by molar-refractivity contribution is 0.102. The largest absolute Gasteiger partial charge is 0.466 e. The Labute approximate surface area is 141 Å². The highest BCUT2D eigenvalue weighted by molar-refractivity contribution is 6.35. The van der Waals surface area contributed by atoms with Crippen molar-refractivity contribution in [2.75, 3.05) is 5.32 Å². The Morgan fingerprint density at radius 3 is 2.35 bits per heavy atom. The molecule has 1 aromatic carbocycles. The second kappa shape index (κ2) is 6.06. The van der Waals surface area contributed by atoms with E-state index in [1.165, 1.54) is 0 Å². The van der Waals surface area contributed by atoms with Crippen LogP contribution < -0.4 is 5.32 Å². The van der Waals surface area contributed by atoms with Crippen LogP contribution in [0.3, 0.4) is 0 Å². The molecule has 3 rings (SSSR count). The predicted octanol–water partition coefficient (Wildman–Crippen LogP) is 4.51. The Morgan fingerprint density at radius 1 is 1.04 bits per heavy atom. The average Bonchev–Trinajstić information content (AvgIpc) is 3.04. The minimum atomic E-state index is -0.390. The smallest absolute Gasteiger partial charge is 0.322 e. The second-order valence-electron chi connectivity index (χ2n) is 4.85. The van der Waals surface area contributed by atoms with E-state index in [1.54, 1.807) is 38.1 Å². The van der Waals surface area contributed by atoms with Crippen molar-refractivity contribution in [2.45, 2.75) is 13.8 Å². The summed E-state index contributed by atoms with van der Waals surface area (Å²) in [6.45, 7) is 3.46. The van der Waals surface area contributed by atoms with Crippen molar-refractivity contribution in [3.8, 4) is 11.5 Å². The number of hydrogen-bond acceptors (Lipinski definition) is 5. The summed E-state index contributed by atoms with van der Waals surface area (Å²) in [7, 11) is 0. The van der Waals surface area contributed by atoms with E-state index in [9.17, 15) is 4.79 Å². The fourth-order valence-corrected chi connectivity index (χ4v) is 2.61. The third kappa shape index (κ3) is 3.38. The zero-order valence-corrected chi connectivity index (χ0v) is 13.7. The van der Waals surface area contributed by atoms with Crippen molar-refractivity contribution < 1.29 is 13.6 Å². The van der Waals surface area contributed by atoms with Crippen LogP contribution in [0.2, 0.25) is 10.0 Å². The number of furan rings is 1. The zero-order chi connectivity index (χ0) is 16.6. The van der Waals surface area contributed by atoms with Gasteiger partial charge in [0, 0.05) is 15.6 Å². The van der Waals surface area contributed by atoms with Gasteiger partial charge in [-0.2, -0.15) is 0 Å². The maximum atomic E-state index is 12.2. The fraction of sp³-hybridized carbons (Fsp3) is 0.133. The lowest BCUT2D eigenvalue weighted by Gasteiger charge is -1.99. The summed E-state index contributed by atoms with van der Waals surface area (Å²) in [6, 6.07) is 6.47. The van der Waals surface area contributed by atoms with Gasteiger partial charge in [-0.1, -0.05) is 28.3 Å². The van der Waals surface area contributed by atoms with Gasteiger partial charge in [-0.25, -0.2) is 0 Å². The van der Waals surface area contributed by atoms with Gasteiger partial charge in [0.1, 0.15) is 11.5 Å². The SMILES string of the molecule is Cc1cc(C(=O)Nc2nnc(-c3cc(Cl)cc(Cl)c3)o2)c(C)o1. The van der Waals surface area contributed by atoms with Crippen LogP contribution in [0.4, 0.5) is 6.01 Å². The first-order valence-corrected chi connectivity index (χ1v) is 7.36. The third-order valence-corrected chi connectivity index (χ3v) is 3.48. The van der Waals surface area contributed by atoms with Crippen LogP contribution in [0.5, 0.6) is 0 Å². The molecule has 0 aliphatic carbocycles. The molecule has 2 aromatic heterocycles. The number of nitrogens with one attached hydrogen (secondary N) is 1. The lowest BCUT2D eigenvalue weighted by Crippen LogP contribution is -2.12. The number of anilines is 1. The van der Waals surface area contributed by atoms with E-state index >= 15 is 0 Å². The van der Waals surface area contributed by atoms with Crippen molar-refractivity contribution >= 4 is 35.1 Å². The molecule has 0 unspecified atom stereocenters. The molecule has 118 valence electrons. The molecule has 0 atom stereocenters. The molecule has 3 aromatic rings. The quantitative estimate of drug-likeness (QED) is 0.750. The van der Waals surface area contributed by atoms with E-state index in [-0.39, 0.29) is 11.9 Å². The number of amides is 1. The van der Waals surface area contributed by atoms with Crippen LogP contribution in [0.15, 0.2) is 33.1 Å². The monoisotopic (exact) mass is 351 g/mol. The molecule has 0 spiro atoms. The highest BCUT2D eigenvalue weighted by atomic mass is 35.5. The summed E-state index contributed by atoms with van der Waals surface area (Å²) >= 11 is 11.9. The van der Waals surface area contributed by atoms with Crippen LogP contribution >= 0.6 is 23.2 Å². The first kappa shape index (κ1) is 15.6. The molecule has 2 heterocycles. The van der Waals surface area contributed by atoms with Gasteiger partial charge < -0.3 is 8.83 Å². The van der Waals surface area contributed by atoms with E-state index in [4.69, 9.17) is 32.0 Å². The molecule has 6 nitrogen and oxygen atoms in total. The summed E-state index contributed by atoms with van der Waals surface area (Å²) in [4.78, 5) is 12.2. The van der Waals surface area contributed by atoms with E-state index in [0.717, 1.165) is 0 Å². The first-order valence-electron chi connectivity index (χ1n) is 6.61. The van der Waals surface area contributed by atoms with Crippen LogP contribution in [0.1, 0.15) is 21.9 Å². The third-order valence-electron chi connectivity index (χ3n) is 3.04. The second-order valence-corrected chi connectivity index (χ2v) is 5.72. The number of carbonyl (C=O) groups is 1. The normalized spacial score (nSPS) is 10.8. The van der Waals surface area contributed by atoms with Crippen LogP contribution in [0.25, 0.3) is 11.5 Å². The minimum absolute atomic E-state index is 0.0284. The number of halogens is 2. The number of nitrogens with zero attached hydrogens (tertiary/aromatic N) is 2. The van der Waals surface area contributed by atoms with E-state index < -0.39 is 5.91 Å². The Balaban J connectivity index is 1.82. The summed E-state index contributed by atoms with van der Waals surface area (Å²) in [5, 5.41) is 11.1. The molecule has 8 heteroatoms. The molecule has 0 radical (unpaired) electrons. The number of aromatic nitrogens is 2. The van der Waals surface area contributed by atoms with Gasteiger partial charge in [-0.3, -0.25) is 10.1 Å². The summed E-state index contributed by atoms with van der Waals surface area (Å²) in [5.41, 5.74) is 0.971. The van der Waals surface area contributed by atoms with Gasteiger partial charge in [-0.15, -0.1) is 5.10 Å². The molecule has 0 saturated carbocycles. The summed E-state index contributed by atoms with van der Waals surface area (Å²) in [6.07, 6.45) is 0. The van der Waals surface area contributed by atoms with Gasteiger partial charge in [0.15, 0.2) is 0 Å². The number of rotatable bonds is 3. The molecule has 0 aliphatic heterocycles. The Bertz CT molecular complexity index is 866. The van der Waals surface area contributed by atoms with Crippen LogP contribution in [-0.4, -0.2) is 16.1 Å². The average molecular weight is 352 g/mol. The maximum absolute atomic E-state index is 12.2. The van der Waals surface area contributed by atoms with E-state index in [2.05, 4.69) is 15.5 Å². The fourth-order valence-electron chi connectivity index (χ4n) is 2.09. The molecular weight excluding hydrogens is 341 g/mol. The highest BCUT2D eigenvalue weighted by Gasteiger charge is 2.17.